The first-order valence-electron chi connectivity index (χ1n) is 6.63. The van der Waals surface area contributed by atoms with E-state index in [9.17, 15) is 0 Å². The Labute approximate surface area is 108 Å². The number of thiazole rings is 1. The summed E-state index contributed by atoms with van der Waals surface area (Å²) in [7, 11) is 1.99. The molecule has 17 heavy (non-hydrogen) atoms. The maximum atomic E-state index is 4.78. The number of nitrogens with zero attached hydrogens (tertiary/aromatic N) is 2. The van der Waals surface area contributed by atoms with Gasteiger partial charge in [0.25, 0.3) is 0 Å². The van der Waals surface area contributed by atoms with Gasteiger partial charge in [0.2, 0.25) is 0 Å². The van der Waals surface area contributed by atoms with Gasteiger partial charge in [0.1, 0.15) is 0 Å². The van der Waals surface area contributed by atoms with E-state index in [0.717, 1.165) is 13.0 Å². The summed E-state index contributed by atoms with van der Waals surface area (Å²) in [5.41, 5.74) is 1.23. The Morgan fingerprint density at radius 1 is 1.53 bits per heavy atom. The summed E-state index contributed by atoms with van der Waals surface area (Å²) < 4.78 is 0. The van der Waals surface area contributed by atoms with E-state index in [-0.39, 0.29) is 0 Å². The van der Waals surface area contributed by atoms with E-state index in [4.69, 9.17) is 4.98 Å². The molecule has 0 aromatic carbocycles. The molecule has 0 saturated carbocycles. The van der Waals surface area contributed by atoms with E-state index in [1.165, 1.54) is 30.1 Å². The Morgan fingerprint density at radius 3 is 3.06 bits per heavy atom. The second-order valence-corrected chi connectivity index (χ2v) is 5.71. The van der Waals surface area contributed by atoms with Crippen molar-refractivity contribution in [2.45, 2.75) is 51.6 Å². The molecule has 1 aliphatic heterocycles. The molecule has 0 aliphatic carbocycles. The molecule has 3 nitrogen and oxygen atoms in total. The average Bonchev–Trinajstić information content (AvgIpc) is 2.92. The molecule has 1 saturated heterocycles. The molecule has 1 aromatic heterocycles. The first kappa shape index (κ1) is 12.8. The maximum absolute atomic E-state index is 4.78. The van der Waals surface area contributed by atoms with Crippen molar-refractivity contribution >= 4 is 16.5 Å². The summed E-state index contributed by atoms with van der Waals surface area (Å²) in [6.07, 6.45) is 4.90. The summed E-state index contributed by atoms with van der Waals surface area (Å²) in [5.74, 6) is 0. The summed E-state index contributed by atoms with van der Waals surface area (Å²) in [4.78, 5) is 7.32. The van der Waals surface area contributed by atoms with E-state index < -0.39 is 0 Å². The van der Waals surface area contributed by atoms with Crippen molar-refractivity contribution in [2.75, 3.05) is 18.5 Å². The molecule has 0 spiro atoms. The van der Waals surface area contributed by atoms with Crippen molar-refractivity contribution in [3.63, 3.8) is 0 Å². The van der Waals surface area contributed by atoms with Crippen LogP contribution in [0.4, 0.5) is 5.13 Å². The lowest BCUT2D eigenvalue weighted by Gasteiger charge is -2.27. The van der Waals surface area contributed by atoms with Gasteiger partial charge in [0.05, 0.1) is 5.69 Å². The van der Waals surface area contributed by atoms with Crippen molar-refractivity contribution in [1.82, 2.24) is 10.3 Å². The molecular weight excluding hydrogens is 230 g/mol. The number of nitrogens with one attached hydrogen (secondary N) is 1. The molecule has 1 fully saturated rings. The summed E-state index contributed by atoms with van der Waals surface area (Å²) >= 11 is 1.81. The second kappa shape index (κ2) is 5.83. The topological polar surface area (TPSA) is 28.2 Å². The van der Waals surface area contributed by atoms with Crippen molar-refractivity contribution in [3.8, 4) is 0 Å². The Kier molecular flexibility index (Phi) is 4.40. The van der Waals surface area contributed by atoms with Gasteiger partial charge in [-0.15, -0.1) is 11.3 Å². The highest BCUT2D eigenvalue weighted by atomic mass is 32.1. The molecular formula is C13H23N3S. The largest absolute Gasteiger partial charge is 0.342 e. The van der Waals surface area contributed by atoms with Crippen molar-refractivity contribution < 1.29 is 0 Å². The number of hydrogen-bond acceptors (Lipinski definition) is 4. The standard InChI is InChI=1S/C13H23N3S/c1-4-12-6-5-10(2)16(12)13-15-11(9-17-13)7-8-14-3/h9-10,12,14H,4-8H2,1-3H3. The van der Waals surface area contributed by atoms with Gasteiger partial charge < -0.3 is 10.2 Å². The molecule has 0 radical (unpaired) electrons. The molecule has 4 heteroatoms. The molecule has 2 unspecified atom stereocenters. The number of rotatable bonds is 5. The normalized spacial score (nSPS) is 24.5. The smallest absolute Gasteiger partial charge is 0.185 e. The van der Waals surface area contributed by atoms with E-state index in [1.54, 1.807) is 0 Å². The minimum atomic E-state index is 0.656. The Bertz CT molecular complexity index is 350. The van der Waals surface area contributed by atoms with Gasteiger partial charge in [-0.25, -0.2) is 4.98 Å². The van der Waals surface area contributed by atoms with Crippen LogP contribution < -0.4 is 10.2 Å². The van der Waals surface area contributed by atoms with Crippen molar-refractivity contribution in [3.05, 3.63) is 11.1 Å². The zero-order valence-corrected chi connectivity index (χ0v) is 11.9. The fraction of sp³-hybridized carbons (Fsp3) is 0.769. The monoisotopic (exact) mass is 253 g/mol. The molecule has 1 N–H and O–H groups in total. The van der Waals surface area contributed by atoms with Crippen LogP contribution in [-0.4, -0.2) is 30.7 Å². The predicted molar refractivity (Wildman–Crippen MR) is 75.0 cm³/mol. The third kappa shape index (κ3) is 2.80. The minimum Gasteiger partial charge on any atom is -0.342 e. The fourth-order valence-corrected chi connectivity index (χ4v) is 3.63. The molecule has 2 rings (SSSR count). The third-order valence-corrected chi connectivity index (χ3v) is 4.55. The average molecular weight is 253 g/mol. The number of aromatic nitrogens is 1. The lowest BCUT2D eigenvalue weighted by molar-refractivity contribution is 0.625. The van der Waals surface area contributed by atoms with E-state index >= 15 is 0 Å². The van der Waals surface area contributed by atoms with Crippen molar-refractivity contribution in [1.29, 1.82) is 0 Å². The molecule has 2 heterocycles. The summed E-state index contributed by atoms with van der Waals surface area (Å²) in [5, 5.41) is 6.62. The molecule has 1 aliphatic rings. The van der Waals surface area contributed by atoms with Crippen LogP contribution in [0.25, 0.3) is 0 Å². The Hall–Kier alpha value is -0.610. The number of hydrogen-bond donors (Lipinski definition) is 1. The van der Waals surface area contributed by atoms with Crippen LogP contribution in [0.1, 0.15) is 38.8 Å². The first-order chi connectivity index (χ1) is 8.26. The number of likely N-dealkylation sites (N-methyl/N-ethyl adjacent to an activating group) is 1. The van der Waals surface area contributed by atoms with Crippen LogP contribution in [-0.2, 0) is 6.42 Å². The van der Waals surface area contributed by atoms with Crippen LogP contribution in [0.5, 0.6) is 0 Å². The summed E-state index contributed by atoms with van der Waals surface area (Å²) in [6.45, 7) is 5.62. The van der Waals surface area contributed by atoms with Gasteiger partial charge in [-0.3, -0.25) is 0 Å². The van der Waals surface area contributed by atoms with Crippen LogP contribution in [0.2, 0.25) is 0 Å². The molecule has 0 bridgehead atoms. The van der Waals surface area contributed by atoms with E-state index in [2.05, 4.69) is 29.4 Å². The second-order valence-electron chi connectivity index (χ2n) is 4.87. The zero-order valence-electron chi connectivity index (χ0n) is 11.1. The molecule has 2 atom stereocenters. The maximum Gasteiger partial charge on any atom is 0.185 e. The Balaban J connectivity index is 2.07. The van der Waals surface area contributed by atoms with Gasteiger partial charge in [-0.2, -0.15) is 0 Å². The van der Waals surface area contributed by atoms with Gasteiger partial charge >= 0.3 is 0 Å². The molecule has 0 amide bonds. The first-order valence-corrected chi connectivity index (χ1v) is 7.51. The van der Waals surface area contributed by atoms with E-state index in [1.807, 2.05) is 18.4 Å². The minimum absolute atomic E-state index is 0.656. The van der Waals surface area contributed by atoms with Gasteiger partial charge in [0, 0.05) is 30.4 Å². The predicted octanol–water partition coefficient (Wildman–Crippen LogP) is 2.67. The summed E-state index contributed by atoms with van der Waals surface area (Å²) in [6, 6.07) is 1.36. The highest BCUT2D eigenvalue weighted by Gasteiger charge is 2.31. The lowest BCUT2D eigenvalue weighted by atomic mass is 10.2. The Morgan fingerprint density at radius 2 is 2.35 bits per heavy atom. The lowest BCUT2D eigenvalue weighted by Crippen LogP contribution is -2.33. The molecule has 96 valence electrons. The zero-order chi connectivity index (χ0) is 12.3. The van der Waals surface area contributed by atoms with Crippen LogP contribution in [0.3, 0.4) is 0 Å². The third-order valence-electron chi connectivity index (χ3n) is 3.65. The van der Waals surface area contributed by atoms with Gasteiger partial charge in [-0.1, -0.05) is 6.92 Å². The van der Waals surface area contributed by atoms with Crippen LogP contribution >= 0.6 is 11.3 Å². The quantitative estimate of drug-likeness (QED) is 0.874. The van der Waals surface area contributed by atoms with Crippen LogP contribution in [0, 0.1) is 0 Å². The molecule has 1 aromatic rings. The SMILES string of the molecule is CCC1CCC(C)N1c1nc(CCNC)cs1. The highest BCUT2D eigenvalue weighted by molar-refractivity contribution is 7.13. The highest BCUT2D eigenvalue weighted by Crippen LogP contribution is 2.33. The fourth-order valence-electron chi connectivity index (χ4n) is 2.60. The van der Waals surface area contributed by atoms with Crippen molar-refractivity contribution in [2.24, 2.45) is 0 Å². The number of anilines is 1. The van der Waals surface area contributed by atoms with Gasteiger partial charge in [0.15, 0.2) is 5.13 Å². The van der Waals surface area contributed by atoms with Crippen LogP contribution in [0.15, 0.2) is 5.38 Å². The van der Waals surface area contributed by atoms with Gasteiger partial charge in [-0.05, 0) is 33.2 Å². The van der Waals surface area contributed by atoms with E-state index in [0.29, 0.717) is 12.1 Å².